The summed E-state index contributed by atoms with van der Waals surface area (Å²) < 4.78 is 18.7. The molecule has 0 saturated heterocycles. The van der Waals surface area contributed by atoms with Gasteiger partial charge in [0.2, 0.25) is 0 Å². The minimum absolute atomic E-state index is 0.115. The summed E-state index contributed by atoms with van der Waals surface area (Å²) in [7, 11) is 1.58. The van der Waals surface area contributed by atoms with E-state index in [-0.39, 0.29) is 17.5 Å². The number of aromatic nitrogens is 1. The molecule has 1 aromatic heterocycles. The van der Waals surface area contributed by atoms with Crippen LogP contribution in [-0.4, -0.2) is 30.0 Å². The molecule has 0 atom stereocenters. The highest BCUT2D eigenvalue weighted by Gasteiger charge is 2.24. The van der Waals surface area contributed by atoms with Crippen molar-refractivity contribution in [3.63, 3.8) is 0 Å². The van der Waals surface area contributed by atoms with E-state index < -0.39 is 11.7 Å². The van der Waals surface area contributed by atoms with Crippen molar-refractivity contribution in [1.29, 1.82) is 0 Å². The summed E-state index contributed by atoms with van der Waals surface area (Å²) in [6.07, 6.45) is 1.33. The molecule has 1 amide bonds. The zero-order valence-electron chi connectivity index (χ0n) is 20.8. The van der Waals surface area contributed by atoms with E-state index in [0.29, 0.717) is 41.1 Å². The highest BCUT2D eigenvalue weighted by molar-refractivity contribution is 5.89. The Labute approximate surface area is 191 Å². The second kappa shape index (κ2) is 10.3. The van der Waals surface area contributed by atoms with E-state index in [1.807, 2.05) is 32.9 Å². The molecule has 0 fully saturated rings. The van der Waals surface area contributed by atoms with Crippen molar-refractivity contribution in [3.05, 3.63) is 34.2 Å². The van der Waals surface area contributed by atoms with Crippen LogP contribution >= 0.6 is 0 Å². The van der Waals surface area contributed by atoms with Gasteiger partial charge in [-0.15, -0.1) is 0 Å². The third-order valence-electron chi connectivity index (χ3n) is 4.71. The highest BCUT2D eigenvalue weighted by Crippen LogP contribution is 2.32. The quantitative estimate of drug-likeness (QED) is 0.560. The number of methoxy groups -OCH3 is 1. The lowest BCUT2D eigenvalue weighted by Crippen LogP contribution is -2.36. The predicted octanol–water partition coefficient (Wildman–Crippen LogP) is 5.26. The summed E-state index contributed by atoms with van der Waals surface area (Å²) in [6, 6.07) is 5.40. The topological polar surface area (TPSA) is 78.8 Å². The number of nitrogens with one attached hydrogen (secondary N) is 1. The molecule has 2 aromatic rings. The highest BCUT2D eigenvalue weighted by atomic mass is 16.6. The number of benzene rings is 1. The smallest absolute Gasteiger partial charge is 0.407 e. The molecular formula is C25H38N2O5. The fourth-order valence-electron chi connectivity index (χ4n) is 3.34. The monoisotopic (exact) mass is 446 g/mol. The first kappa shape index (κ1) is 25.6. The van der Waals surface area contributed by atoms with Crippen LogP contribution in [0.5, 0.6) is 11.5 Å². The third-order valence-corrected chi connectivity index (χ3v) is 4.71. The fraction of sp³-hybridized carbons (Fsp3) is 0.600. The van der Waals surface area contributed by atoms with Crippen LogP contribution in [0.15, 0.2) is 23.0 Å². The minimum Gasteiger partial charge on any atom is -0.497 e. The number of ether oxygens (including phenoxy) is 3. The van der Waals surface area contributed by atoms with E-state index in [9.17, 15) is 9.59 Å². The van der Waals surface area contributed by atoms with Crippen LogP contribution in [0.25, 0.3) is 10.8 Å². The molecule has 0 bridgehead atoms. The number of amides is 1. The molecule has 32 heavy (non-hydrogen) atoms. The molecule has 2 rings (SSSR count). The van der Waals surface area contributed by atoms with Crippen molar-refractivity contribution in [3.8, 4) is 11.5 Å². The van der Waals surface area contributed by atoms with Crippen LogP contribution in [0.1, 0.15) is 67.0 Å². The number of unbranched alkanes of at least 4 members (excludes halogenated alkanes) is 1. The molecule has 7 heteroatoms. The summed E-state index contributed by atoms with van der Waals surface area (Å²) in [5.41, 5.74) is -0.296. The van der Waals surface area contributed by atoms with Gasteiger partial charge in [-0.2, -0.15) is 0 Å². The number of rotatable bonds is 8. The van der Waals surface area contributed by atoms with Gasteiger partial charge in [0.25, 0.3) is 5.56 Å². The lowest BCUT2D eigenvalue weighted by molar-refractivity contribution is 0.0521. The molecule has 7 nitrogen and oxygen atoms in total. The maximum Gasteiger partial charge on any atom is 0.407 e. The van der Waals surface area contributed by atoms with Crippen LogP contribution < -0.4 is 20.3 Å². The molecule has 0 aliphatic rings. The van der Waals surface area contributed by atoms with Gasteiger partial charge in [0, 0.05) is 11.9 Å². The molecule has 0 aliphatic heterocycles. The Bertz CT molecular complexity index is 997. The second-order valence-electron chi connectivity index (χ2n) is 10.2. The van der Waals surface area contributed by atoms with E-state index in [2.05, 4.69) is 33.0 Å². The molecule has 1 aromatic carbocycles. The first-order valence-electron chi connectivity index (χ1n) is 11.2. The van der Waals surface area contributed by atoms with Crippen LogP contribution in [0.4, 0.5) is 4.79 Å². The summed E-state index contributed by atoms with van der Waals surface area (Å²) in [4.78, 5) is 25.9. The number of hydrogen-bond donors (Lipinski definition) is 1. The van der Waals surface area contributed by atoms with Crippen LogP contribution in [0.3, 0.4) is 0 Å². The second-order valence-corrected chi connectivity index (χ2v) is 10.2. The van der Waals surface area contributed by atoms with Crippen molar-refractivity contribution >= 4 is 16.9 Å². The molecule has 0 spiro atoms. The summed E-state index contributed by atoms with van der Waals surface area (Å²) >= 11 is 0. The van der Waals surface area contributed by atoms with Crippen LogP contribution in [-0.2, 0) is 17.8 Å². The van der Waals surface area contributed by atoms with Gasteiger partial charge in [0.15, 0.2) is 0 Å². The molecule has 0 saturated carbocycles. The van der Waals surface area contributed by atoms with Crippen molar-refractivity contribution in [2.75, 3.05) is 13.7 Å². The fourth-order valence-corrected chi connectivity index (χ4v) is 3.34. The van der Waals surface area contributed by atoms with Gasteiger partial charge in [0.1, 0.15) is 17.1 Å². The van der Waals surface area contributed by atoms with E-state index in [1.165, 1.54) is 0 Å². The lowest BCUT2D eigenvalue weighted by Gasteiger charge is -2.26. The van der Waals surface area contributed by atoms with E-state index in [1.54, 1.807) is 17.7 Å². The Morgan fingerprint density at radius 3 is 2.34 bits per heavy atom. The number of hydrogen-bond acceptors (Lipinski definition) is 5. The first-order chi connectivity index (χ1) is 14.9. The number of alkyl carbamates (subject to hydrolysis) is 1. The normalized spacial score (nSPS) is 12.0. The van der Waals surface area contributed by atoms with Gasteiger partial charge in [-0.3, -0.25) is 4.79 Å². The Morgan fingerprint density at radius 2 is 1.78 bits per heavy atom. The summed E-state index contributed by atoms with van der Waals surface area (Å²) in [5.74, 6) is 1.21. The molecule has 0 radical (unpaired) electrons. The number of carbonyl (C=O) groups excluding carboxylic acids is 1. The van der Waals surface area contributed by atoms with Gasteiger partial charge >= 0.3 is 6.09 Å². The number of carbonyl (C=O) groups is 1. The van der Waals surface area contributed by atoms with E-state index >= 15 is 0 Å². The van der Waals surface area contributed by atoms with Crippen molar-refractivity contribution in [2.24, 2.45) is 5.41 Å². The molecule has 1 N–H and O–H groups in total. The van der Waals surface area contributed by atoms with Crippen molar-refractivity contribution in [1.82, 2.24) is 9.88 Å². The van der Waals surface area contributed by atoms with Gasteiger partial charge < -0.3 is 24.1 Å². The summed E-state index contributed by atoms with van der Waals surface area (Å²) in [6.45, 7) is 14.8. The first-order valence-corrected chi connectivity index (χ1v) is 11.2. The number of fused-ring (bicyclic) bond motifs is 1. The molecule has 178 valence electrons. The minimum atomic E-state index is -0.616. The Balaban J connectivity index is 2.66. The number of pyridine rings is 1. The SMILES string of the molecule is CCCCOc1c(CNC(=O)OC(C)(C)C)n(CC(C)(C)C)c(=O)c2cc(OC)ccc12. The van der Waals surface area contributed by atoms with Crippen molar-refractivity contribution in [2.45, 2.75) is 80.0 Å². The van der Waals surface area contributed by atoms with Gasteiger partial charge in [-0.05, 0) is 50.8 Å². The molecule has 0 aliphatic carbocycles. The average molecular weight is 447 g/mol. The third kappa shape index (κ3) is 6.90. The maximum atomic E-state index is 13.6. The number of nitrogens with zero attached hydrogens (tertiary/aromatic N) is 1. The maximum absolute atomic E-state index is 13.6. The molecule has 1 heterocycles. The van der Waals surface area contributed by atoms with Crippen molar-refractivity contribution < 1.29 is 19.0 Å². The zero-order chi connectivity index (χ0) is 24.1. The lowest BCUT2D eigenvalue weighted by atomic mass is 9.96. The largest absolute Gasteiger partial charge is 0.497 e. The van der Waals surface area contributed by atoms with Crippen LogP contribution in [0, 0.1) is 5.41 Å². The van der Waals surface area contributed by atoms with E-state index in [4.69, 9.17) is 14.2 Å². The van der Waals surface area contributed by atoms with E-state index in [0.717, 1.165) is 12.8 Å². The van der Waals surface area contributed by atoms with Crippen LogP contribution in [0.2, 0.25) is 0 Å². The van der Waals surface area contributed by atoms with Gasteiger partial charge in [0.05, 0.1) is 31.3 Å². The summed E-state index contributed by atoms with van der Waals surface area (Å²) in [5, 5.41) is 4.04. The Morgan fingerprint density at radius 1 is 1.09 bits per heavy atom. The van der Waals surface area contributed by atoms with Gasteiger partial charge in [-0.1, -0.05) is 34.1 Å². The average Bonchev–Trinajstić information content (AvgIpc) is 2.68. The predicted molar refractivity (Wildman–Crippen MR) is 128 cm³/mol. The van der Waals surface area contributed by atoms with Gasteiger partial charge in [-0.25, -0.2) is 4.79 Å². The zero-order valence-corrected chi connectivity index (χ0v) is 20.8. The Hall–Kier alpha value is -2.70. The molecule has 0 unspecified atom stereocenters. The standard InChI is InChI=1S/C25H38N2O5/c1-9-10-13-31-21-18-12-11-17(30-8)14-19(18)22(28)27(16-24(2,3)4)20(21)15-26-23(29)32-25(5,6)7/h11-12,14H,9-10,13,15-16H2,1-8H3,(H,26,29). The molecular weight excluding hydrogens is 408 g/mol. The Kier molecular flexibility index (Phi) is 8.21.